The van der Waals surface area contributed by atoms with E-state index in [-0.39, 0.29) is 23.1 Å². The molecule has 0 saturated carbocycles. The zero-order valence-electron chi connectivity index (χ0n) is 21.9. The molecule has 0 amide bonds. The van der Waals surface area contributed by atoms with Crippen molar-refractivity contribution in [3.63, 3.8) is 0 Å². The van der Waals surface area contributed by atoms with Gasteiger partial charge in [-0.2, -0.15) is 0 Å². The summed E-state index contributed by atoms with van der Waals surface area (Å²) >= 11 is 0. The molecule has 3 aromatic rings. The van der Waals surface area contributed by atoms with E-state index in [0.717, 1.165) is 56.1 Å². The molecule has 208 valence electrons. The van der Waals surface area contributed by atoms with Gasteiger partial charge in [-0.1, -0.05) is 36.4 Å². The molecule has 0 aliphatic carbocycles. The first-order valence-corrected chi connectivity index (χ1v) is 13.3. The highest BCUT2D eigenvalue weighted by Gasteiger charge is 2.29. The number of rotatable bonds is 9. The second kappa shape index (κ2) is 12.8. The minimum Gasteiger partial charge on any atom is -0.494 e. The van der Waals surface area contributed by atoms with Crippen molar-refractivity contribution >= 4 is 17.5 Å². The molecule has 3 aromatic carbocycles. The fourth-order valence-corrected chi connectivity index (χ4v) is 5.36. The van der Waals surface area contributed by atoms with Gasteiger partial charge in [-0.25, -0.2) is 18.4 Å². The predicted molar refractivity (Wildman–Crippen MR) is 144 cm³/mol. The van der Waals surface area contributed by atoms with E-state index in [1.807, 2.05) is 29.9 Å². The maximum atomic E-state index is 13.6. The van der Waals surface area contributed by atoms with E-state index in [1.54, 1.807) is 24.3 Å². The first kappa shape index (κ1) is 27.5. The third-order valence-corrected chi connectivity index (χ3v) is 7.37. The smallest absolute Gasteiger partial charge is 0.361 e. The third kappa shape index (κ3) is 6.91. The minimum absolute atomic E-state index is 0.0889. The summed E-state index contributed by atoms with van der Waals surface area (Å²) in [6.45, 7) is 3.33. The van der Waals surface area contributed by atoms with Gasteiger partial charge in [0.15, 0.2) is 0 Å². The summed E-state index contributed by atoms with van der Waals surface area (Å²) in [6.07, 6.45) is 3.90. The lowest BCUT2D eigenvalue weighted by molar-refractivity contribution is -0.188. The van der Waals surface area contributed by atoms with Crippen molar-refractivity contribution in [1.29, 1.82) is 0 Å². The molecule has 5 rings (SSSR count). The molecule has 0 spiro atoms. The summed E-state index contributed by atoms with van der Waals surface area (Å²) in [5.41, 5.74) is 4.55. The Labute approximate surface area is 231 Å². The summed E-state index contributed by atoms with van der Waals surface area (Å²) in [5.74, 6) is -0.850. The van der Waals surface area contributed by atoms with Gasteiger partial charge in [0.25, 0.3) is 0 Å². The van der Waals surface area contributed by atoms with E-state index in [4.69, 9.17) is 4.74 Å². The zero-order chi connectivity index (χ0) is 27.9. The number of likely N-dealkylation sites (tertiary alicyclic amines) is 1. The highest BCUT2D eigenvalue weighted by atomic mass is 19.1. The van der Waals surface area contributed by atoms with E-state index in [1.165, 1.54) is 24.3 Å². The number of hydrogen-bond acceptors (Lipinski definition) is 7. The monoisotopic (exact) mass is 548 g/mol. The number of carbonyl (C=O) groups excluding carboxylic acids is 2. The van der Waals surface area contributed by atoms with E-state index < -0.39 is 11.9 Å². The summed E-state index contributed by atoms with van der Waals surface area (Å²) in [7, 11) is 0. The number of hydrogen-bond donors (Lipinski definition) is 1. The molecule has 2 aliphatic rings. The lowest BCUT2D eigenvalue weighted by Gasteiger charge is -2.36. The van der Waals surface area contributed by atoms with Crippen LogP contribution in [0.2, 0.25) is 0 Å². The maximum absolute atomic E-state index is 13.6. The van der Waals surface area contributed by atoms with E-state index >= 15 is 0 Å². The highest BCUT2D eigenvalue weighted by Crippen LogP contribution is 2.38. The number of carbonyl (C=O) groups is 2. The van der Waals surface area contributed by atoms with Crippen molar-refractivity contribution < 1.29 is 32.8 Å². The third-order valence-electron chi connectivity index (χ3n) is 7.37. The molecule has 9 heteroatoms. The number of ether oxygens (including phenoxy) is 1. The Morgan fingerprint density at radius 1 is 0.850 bits per heavy atom. The number of benzene rings is 3. The van der Waals surface area contributed by atoms with E-state index in [0.29, 0.717) is 23.8 Å². The van der Waals surface area contributed by atoms with Gasteiger partial charge in [-0.15, -0.1) is 0 Å². The molecule has 7 nitrogen and oxygen atoms in total. The molecule has 2 heterocycles. The van der Waals surface area contributed by atoms with Crippen molar-refractivity contribution in [2.75, 3.05) is 26.2 Å². The van der Waals surface area contributed by atoms with Gasteiger partial charge in [-0.3, -0.25) is 0 Å². The Morgan fingerprint density at radius 3 is 2.05 bits per heavy atom. The lowest BCUT2D eigenvalue weighted by Crippen LogP contribution is -2.36. The van der Waals surface area contributed by atoms with Crippen LogP contribution in [0.4, 0.5) is 8.78 Å². The number of nitrogens with zero attached hydrogens (tertiary/aromatic N) is 1. The van der Waals surface area contributed by atoms with Gasteiger partial charge in [-0.05, 0) is 91.4 Å². The van der Waals surface area contributed by atoms with E-state index in [9.17, 15) is 18.4 Å². The van der Waals surface area contributed by atoms with Gasteiger partial charge in [0.2, 0.25) is 0 Å². The second-order valence-electron chi connectivity index (χ2n) is 9.94. The van der Waals surface area contributed by atoms with Crippen LogP contribution >= 0.6 is 0 Å². The fourth-order valence-electron chi connectivity index (χ4n) is 5.36. The summed E-state index contributed by atoms with van der Waals surface area (Å²) in [4.78, 5) is 35.0. The number of piperidine rings is 1. The van der Waals surface area contributed by atoms with Crippen LogP contribution in [0.3, 0.4) is 0 Å². The summed E-state index contributed by atoms with van der Waals surface area (Å²) < 4.78 is 33.1. The van der Waals surface area contributed by atoms with Gasteiger partial charge < -0.3 is 19.3 Å². The largest absolute Gasteiger partial charge is 0.494 e. The minimum atomic E-state index is -0.730. The first-order chi connectivity index (χ1) is 19.5. The van der Waals surface area contributed by atoms with Crippen LogP contribution in [0.5, 0.6) is 5.75 Å². The van der Waals surface area contributed by atoms with Gasteiger partial charge in [0.1, 0.15) is 17.4 Å². The number of halogens is 2. The molecular weight excluding hydrogens is 518 g/mol. The quantitative estimate of drug-likeness (QED) is 0.369. The Hall–Kier alpha value is -4.08. The van der Waals surface area contributed by atoms with Crippen LogP contribution in [0, 0.1) is 17.6 Å². The molecule has 0 unspecified atom stereocenters. The van der Waals surface area contributed by atoms with Crippen molar-refractivity contribution in [1.82, 2.24) is 10.5 Å². The van der Waals surface area contributed by atoms with Crippen LogP contribution in [0.15, 0.2) is 78.9 Å². The molecule has 1 N–H and O–H groups in total. The summed E-state index contributed by atoms with van der Waals surface area (Å²) in [6, 6.07) is 20.2. The highest BCUT2D eigenvalue weighted by molar-refractivity contribution is 6.20. The zero-order valence-corrected chi connectivity index (χ0v) is 21.9. The molecule has 1 fully saturated rings. The molecule has 0 aromatic heterocycles. The SMILES string of the molecule is O=C1C=C(c2ccc(OCCCN3CCC(C(c4ccc(F)cc4)c4ccc(F)cc4)CC3)cc2)C(=O)ONO1. The van der Waals surface area contributed by atoms with Crippen molar-refractivity contribution in [3.8, 4) is 5.75 Å². The van der Waals surface area contributed by atoms with Gasteiger partial charge in [0.05, 0.1) is 12.2 Å². The van der Waals surface area contributed by atoms with Crippen molar-refractivity contribution in [2.24, 2.45) is 5.92 Å². The number of nitrogens with one attached hydrogen (secondary N) is 1. The molecule has 0 bridgehead atoms. The molecule has 40 heavy (non-hydrogen) atoms. The topological polar surface area (TPSA) is 77.1 Å². The van der Waals surface area contributed by atoms with Crippen molar-refractivity contribution in [3.05, 3.63) is 107 Å². The normalized spacial score (nSPS) is 16.7. The maximum Gasteiger partial charge on any atom is 0.361 e. The molecule has 0 atom stereocenters. The van der Waals surface area contributed by atoms with E-state index in [2.05, 4.69) is 14.6 Å². The summed E-state index contributed by atoms with van der Waals surface area (Å²) in [5, 5.41) is 0. The van der Waals surface area contributed by atoms with Gasteiger partial charge >= 0.3 is 11.9 Å². The molecule has 1 saturated heterocycles. The standard InChI is InChI=1S/C31H30F2N2O5/c32-25-8-2-22(3-9-25)30(23-4-10-26(33)11-5-23)24-14-17-35(18-15-24)16-1-19-38-27-12-6-21(7-13-27)28-20-29(36)39-34-40-31(28)37/h2-13,20,24,30,34H,1,14-19H2. The first-order valence-electron chi connectivity index (χ1n) is 13.3. The van der Waals surface area contributed by atoms with Crippen LogP contribution in [-0.2, 0) is 19.3 Å². The van der Waals surface area contributed by atoms with Crippen LogP contribution in [-0.4, -0.2) is 43.1 Å². The van der Waals surface area contributed by atoms with Crippen molar-refractivity contribution in [2.45, 2.75) is 25.2 Å². The van der Waals surface area contributed by atoms with Crippen LogP contribution in [0.1, 0.15) is 41.9 Å². The Morgan fingerprint density at radius 2 is 1.45 bits per heavy atom. The van der Waals surface area contributed by atoms with Crippen LogP contribution < -0.4 is 10.4 Å². The Balaban J connectivity index is 1.11. The molecule has 0 radical (unpaired) electrons. The molecular formula is C31H30F2N2O5. The lowest BCUT2D eigenvalue weighted by atomic mass is 9.76. The van der Waals surface area contributed by atoms with Gasteiger partial charge in [0, 0.05) is 24.2 Å². The average molecular weight is 549 g/mol. The Kier molecular flexibility index (Phi) is 8.83. The molecule has 2 aliphatic heterocycles. The Bertz CT molecular complexity index is 1290. The average Bonchev–Trinajstić information content (AvgIpc) is 3.14. The predicted octanol–water partition coefficient (Wildman–Crippen LogP) is 5.18. The second-order valence-corrected chi connectivity index (χ2v) is 9.94. The fraction of sp³-hybridized carbons (Fsp3) is 0.290. The van der Waals surface area contributed by atoms with Crippen LogP contribution in [0.25, 0.3) is 5.57 Å².